The highest BCUT2D eigenvalue weighted by Crippen LogP contribution is 2.40. The van der Waals surface area contributed by atoms with E-state index in [-0.39, 0.29) is 39.8 Å². The number of nitro benzene ring substituents is 1. The van der Waals surface area contributed by atoms with Crippen LogP contribution < -0.4 is 0 Å². The molecule has 33 heavy (non-hydrogen) atoms. The first-order valence-corrected chi connectivity index (χ1v) is 12.1. The lowest BCUT2D eigenvalue weighted by Crippen LogP contribution is -2.45. The van der Waals surface area contributed by atoms with Crippen molar-refractivity contribution in [2.75, 3.05) is 6.54 Å². The molecule has 1 N–H and O–H groups in total. The van der Waals surface area contributed by atoms with Gasteiger partial charge in [0.2, 0.25) is 15.9 Å². The second kappa shape index (κ2) is 8.56. The number of azo groups is 1. The largest absolute Gasteiger partial charge is 0.493 e. The summed E-state index contributed by atoms with van der Waals surface area (Å²) in [4.78, 5) is 10.4. The number of nitro groups is 1. The highest BCUT2D eigenvalue weighted by Gasteiger charge is 2.36. The Morgan fingerprint density at radius 3 is 2.61 bits per heavy atom. The Balaban J connectivity index is 1.84. The molecule has 0 saturated carbocycles. The van der Waals surface area contributed by atoms with E-state index in [1.54, 1.807) is 23.7 Å². The Morgan fingerprint density at radius 2 is 1.88 bits per heavy atom. The number of aromatic nitrogens is 1. The number of rotatable bonds is 5. The van der Waals surface area contributed by atoms with Crippen LogP contribution in [0, 0.1) is 16.0 Å². The number of hydrogen-bond donors (Lipinski definition) is 1. The van der Waals surface area contributed by atoms with Crippen molar-refractivity contribution in [3.8, 4) is 5.88 Å². The van der Waals surface area contributed by atoms with Gasteiger partial charge < -0.3 is 9.67 Å². The van der Waals surface area contributed by atoms with Gasteiger partial charge >= 0.3 is 0 Å². The van der Waals surface area contributed by atoms with Crippen LogP contribution >= 0.6 is 0 Å². The van der Waals surface area contributed by atoms with Crippen LogP contribution in [0.4, 0.5) is 17.1 Å². The molecule has 3 aromatic rings. The van der Waals surface area contributed by atoms with Gasteiger partial charge in [0.25, 0.3) is 5.69 Å². The van der Waals surface area contributed by atoms with Gasteiger partial charge in [-0.05, 0) is 37.8 Å². The first-order valence-electron chi connectivity index (χ1n) is 10.6. The van der Waals surface area contributed by atoms with Crippen LogP contribution in [0.3, 0.4) is 0 Å². The fourth-order valence-corrected chi connectivity index (χ4v) is 6.14. The molecule has 1 aliphatic rings. The van der Waals surface area contributed by atoms with Gasteiger partial charge in [-0.2, -0.15) is 4.31 Å². The molecule has 0 spiro atoms. The predicted octanol–water partition coefficient (Wildman–Crippen LogP) is 5.02. The number of benzene rings is 2. The molecule has 1 aliphatic heterocycles. The highest BCUT2D eigenvalue weighted by atomic mass is 32.2. The van der Waals surface area contributed by atoms with Gasteiger partial charge in [0, 0.05) is 37.2 Å². The van der Waals surface area contributed by atoms with E-state index in [2.05, 4.69) is 10.2 Å². The second-order valence-electron chi connectivity index (χ2n) is 8.33. The topological polar surface area (TPSA) is 130 Å². The van der Waals surface area contributed by atoms with E-state index in [1.807, 2.05) is 26.0 Å². The molecule has 11 heteroatoms. The second-order valence-corrected chi connectivity index (χ2v) is 10.2. The van der Waals surface area contributed by atoms with Crippen molar-refractivity contribution in [3.63, 3.8) is 0 Å². The average molecular weight is 472 g/mol. The van der Waals surface area contributed by atoms with Crippen molar-refractivity contribution < 1.29 is 18.4 Å². The molecule has 2 atom stereocenters. The fraction of sp³-hybridized carbons (Fsp3) is 0.364. The van der Waals surface area contributed by atoms with E-state index in [0.717, 1.165) is 18.0 Å². The Hall–Kier alpha value is -3.31. The van der Waals surface area contributed by atoms with E-state index in [1.165, 1.54) is 16.4 Å². The Morgan fingerprint density at radius 1 is 1.15 bits per heavy atom. The number of para-hydroxylation sites is 1. The van der Waals surface area contributed by atoms with Crippen LogP contribution in [-0.4, -0.2) is 39.9 Å². The van der Waals surface area contributed by atoms with Gasteiger partial charge in [-0.15, -0.1) is 10.2 Å². The third kappa shape index (κ3) is 3.98. The first kappa shape index (κ1) is 22.9. The molecular formula is C22H25N5O5S. The molecule has 10 nitrogen and oxygen atoms in total. The molecule has 0 radical (unpaired) electrons. The number of aromatic hydroxyl groups is 1. The number of sulfonamides is 1. The minimum absolute atomic E-state index is 0.0293. The summed E-state index contributed by atoms with van der Waals surface area (Å²) in [7, 11) is -2.40. The first-order chi connectivity index (χ1) is 15.6. The minimum Gasteiger partial charge on any atom is -0.493 e. The number of non-ortho nitro benzene ring substituents is 1. The molecule has 1 fully saturated rings. The number of aryl methyl sites for hydroxylation is 1. The lowest BCUT2D eigenvalue weighted by atomic mass is 9.94. The zero-order valence-electron chi connectivity index (χ0n) is 18.5. The van der Waals surface area contributed by atoms with Gasteiger partial charge in [-0.25, -0.2) is 8.42 Å². The minimum atomic E-state index is -4.08. The van der Waals surface area contributed by atoms with Crippen LogP contribution in [0.2, 0.25) is 0 Å². The maximum absolute atomic E-state index is 13.6. The summed E-state index contributed by atoms with van der Waals surface area (Å²) in [5.41, 5.74) is 0.544. The van der Waals surface area contributed by atoms with Crippen LogP contribution in [0.15, 0.2) is 57.6 Å². The van der Waals surface area contributed by atoms with Crippen molar-refractivity contribution in [1.82, 2.24) is 8.87 Å². The number of piperidine rings is 1. The third-order valence-corrected chi connectivity index (χ3v) is 8.38. The summed E-state index contributed by atoms with van der Waals surface area (Å²) in [6.07, 6.45) is 1.62. The van der Waals surface area contributed by atoms with E-state index in [4.69, 9.17) is 0 Å². The lowest BCUT2D eigenvalue weighted by molar-refractivity contribution is -0.385. The zero-order valence-corrected chi connectivity index (χ0v) is 19.4. The zero-order chi connectivity index (χ0) is 23.9. The summed E-state index contributed by atoms with van der Waals surface area (Å²) in [6, 6.07) is 10.4. The molecule has 0 bridgehead atoms. The lowest BCUT2D eigenvalue weighted by Gasteiger charge is -2.36. The average Bonchev–Trinajstić information content (AvgIpc) is 3.03. The summed E-state index contributed by atoms with van der Waals surface area (Å²) < 4.78 is 30.1. The van der Waals surface area contributed by atoms with Gasteiger partial charge in [0.05, 0.1) is 10.4 Å². The number of fused-ring (bicyclic) bond motifs is 1. The summed E-state index contributed by atoms with van der Waals surface area (Å²) >= 11 is 0. The summed E-state index contributed by atoms with van der Waals surface area (Å²) in [5, 5.41) is 30.8. The molecule has 2 aromatic carbocycles. The maximum Gasteiger partial charge on any atom is 0.270 e. The molecule has 0 unspecified atom stereocenters. The van der Waals surface area contributed by atoms with Gasteiger partial charge in [0.1, 0.15) is 10.6 Å². The van der Waals surface area contributed by atoms with E-state index in [9.17, 15) is 23.6 Å². The molecule has 0 aliphatic carbocycles. The molecule has 0 amide bonds. The standard InChI is InChI=1S/C22H25N5O5S/c1-14-7-6-12-26(15(14)2)33(31,32)20-13-16(27(29)30)10-11-18(20)23-24-21-17-8-4-5-9-19(17)25(3)22(21)28/h4-5,8-11,13-15,28H,6-7,12H2,1-3H3/t14-,15+/m0/s1. The third-order valence-electron chi connectivity index (χ3n) is 6.36. The number of nitrogens with zero attached hydrogens (tertiary/aromatic N) is 5. The predicted molar refractivity (Wildman–Crippen MR) is 124 cm³/mol. The SMILES string of the molecule is C[C@@H]1[C@@H](C)CCCN1S(=O)(=O)c1cc([N+](=O)[O-])ccc1N=Nc1c(O)n(C)c2ccccc12. The molecule has 4 rings (SSSR count). The number of hydrogen-bond acceptors (Lipinski definition) is 7. The summed E-state index contributed by atoms with van der Waals surface area (Å²) in [5.74, 6) is 0.0367. The van der Waals surface area contributed by atoms with E-state index in [0.29, 0.717) is 18.4 Å². The Kier molecular flexibility index (Phi) is 5.93. The van der Waals surface area contributed by atoms with Crippen molar-refractivity contribution in [1.29, 1.82) is 0 Å². The smallest absolute Gasteiger partial charge is 0.270 e. The van der Waals surface area contributed by atoms with Crippen LogP contribution in [0.1, 0.15) is 26.7 Å². The van der Waals surface area contributed by atoms with Gasteiger partial charge in [-0.3, -0.25) is 10.1 Å². The van der Waals surface area contributed by atoms with Crippen LogP contribution in [-0.2, 0) is 17.1 Å². The normalized spacial score (nSPS) is 20.0. The van der Waals surface area contributed by atoms with Crippen molar-refractivity contribution in [2.45, 2.75) is 37.6 Å². The van der Waals surface area contributed by atoms with Gasteiger partial charge in [-0.1, -0.05) is 25.1 Å². The maximum atomic E-state index is 13.6. The molecule has 1 aromatic heterocycles. The molecule has 1 saturated heterocycles. The molecule has 174 valence electrons. The quantitative estimate of drug-likeness (QED) is 0.317. The fourth-order valence-electron chi connectivity index (χ4n) is 4.23. The van der Waals surface area contributed by atoms with Crippen molar-refractivity contribution in [3.05, 3.63) is 52.6 Å². The molecular weight excluding hydrogens is 446 g/mol. The van der Waals surface area contributed by atoms with E-state index >= 15 is 0 Å². The van der Waals surface area contributed by atoms with Crippen LogP contribution in [0.5, 0.6) is 5.88 Å². The van der Waals surface area contributed by atoms with Crippen LogP contribution in [0.25, 0.3) is 10.9 Å². The van der Waals surface area contributed by atoms with Crippen molar-refractivity contribution >= 4 is 38.0 Å². The summed E-state index contributed by atoms with van der Waals surface area (Å²) in [6.45, 7) is 4.16. The van der Waals surface area contributed by atoms with Gasteiger partial charge in [0.15, 0.2) is 5.69 Å². The Labute approximate surface area is 191 Å². The Bertz CT molecular complexity index is 1360. The highest BCUT2D eigenvalue weighted by molar-refractivity contribution is 7.89. The van der Waals surface area contributed by atoms with Crippen molar-refractivity contribution in [2.24, 2.45) is 23.2 Å². The van der Waals surface area contributed by atoms with E-state index < -0.39 is 14.9 Å². The monoisotopic (exact) mass is 471 g/mol. The molecule has 2 heterocycles.